The molecule has 0 saturated heterocycles. The smallest absolute Gasteiger partial charge is 1.00 e. The van der Waals surface area contributed by atoms with Crippen LogP contribution in [0, 0.1) is 0 Å². The normalized spacial score (nSPS) is 5.00. The van der Waals surface area contributed by atoms with Crippen LogP contribution < -0.4 is 29.6 Å². The summed E-state index contributed by atoms with van der Waals surface area (Å²) in [6.07, 6.45) is 1.73. The van der Waals surface area contributed by atoms with Gasteiger partial charge in [-0.15, -0.1) is 0 Å². The Balaban J connectivity index is -0.0000000450. The Morgan fingerprint density at radius 1 is 2.00 bits per heavy atom. The van der Waals surface area contributed by atoms with Gasteiger partial charge in [-0.2, -0.15) is 0 Å². The molecule has 26 valence electrons. The average Bonchev–Trinajstić information content (AvgIpc) is 1.37. The van der Waals surface area contributed by atoms with Gasteiger partial charge in [0.25, 0.3) is 0 Å². The van der Waals surface area contributed by atoms with E-state index in [4.69, 9.17) is 4.79 Å². The van der Waals surface area contributed by atoms with E-state index in [1.54, 1.807) is 6.26 Å². The van der Waals surface area contributed by atoms with E-state index < -0.39 is 0 Å². The molecule has 0 aliphatic rings. The predicted octanol–water partition coefficient (Wildman–Crippen LogP) is -2.34. The van der Waals surface area contributed by atoms with E-state index in [0.717, 1.165) is 5.62 Å². The molecular weight excluding hydrogens is 95.1 g/mol. The van der Waals surface area contributed by atoms with Gasteiger partial charge in [0.05, 0.1) is 0 Å². The summed E-state index contributed by atoms with van der Waals surface area (Å²) in [6.45, 7) is 0. The van der Waals surface area contributed by atoms with E-state index in [2.05, 4.69) is 0 Å². The molecule has 0 aliphatic carbocycles. The van der Waals surface area contributed by atoms with Crippen LogP contribution in [0.15, 0.2) is 0 Å². The van der Waals surface area contributed by atoms with E-state index in [0.29, 0.717) is 0 Å². The van der Waals surface area contributed by atoms with E-state index >= 15 is 0 Å². The minimum Gasteiger partial charge on any atom is -1.00 e. The van der Waals surface area contributed by atoms with Crippen LogP contribution >= 0.6 is 11.8 Å². The van der Waals surface area contributed by atoms with Crippen molar-refractivity contribution in [2.75, 3.05) is 6.26 Å². The minimum absolute atomic E-state index is 0. The summed E-state index contributed by atoms with van der Waals surface area (Å²) >= 11 is 1.18. The third-order valence-corrected chi connectivity index (χ3v) is 0.289. The summed E-state index contributed by atoms with van der Waals surface area (Å²) < 4.78 is 0. The van der Waals surface area contributed by atoms with Gasteiger partial charge in [-0.25, -0.2) is 0 Å². The second-order valence-corrected chi connectivity index (χ2v) is 0.996. The number of hydrogen-bond acceptors (Lipinski definition) is 2. The number of rotatable bonds is 1. The second kappa shape index (κ2) is 8.89. The van der Waals surface area contributed by atoms with Crippen LogP contribution in [0.2, 0.25) is 0 Å². The van der Waals surface area contributed by atoms with Crippen molar-refractivity contribution in [3.63, 3.8) is 0 Å². The Labute approximate surface area is 59.3 Å². The number of thioether (sulfide) groups is 1. The molecule has 0 aromatic rings. The molecule has 0 saturated carbocycles. The first-order valence-electron chi connectivity index (χ1n) is 0.880. The molecule has 0 aromatic heterocycles. The maximum absolute atomic E-state index is 9.14. The summed E-state index contributed by atoms with van der Waals surface area (Å²) in [5, 5.41) is 0. The molecule has 1 nitrogen and oxygen atoms in total. The van der Waals surface area contributed by atoms with Gasteiger partial charge in [0, 0.05) is 0 Å². The van der Waals surface area contributed by atoms with Gasteiger partial charge in [0.1, 0.15) is 0 Å². The van der Waals surface area contributed by atoms with Crippen LogP contribution in [0.5, 0.6) is 0 Å². The van der Waals surface area contributed by atoms with Crippen molar-refractivity contribution in [2.24, 2.45) is 0 Å². The van der Waals surface area contributed by atoms with Crippen LogP contribution in [-0.4, -0.2) is 11.9 Å². The van der Waals surface area contributed by atoms with Crippen molar-refractivity contribution in [3.05, 3.63) is 0 Å². The molecule has 3 heteroatoms. The Hall–Kier alpha value is 1.02. The summed E-state index contributed by atoms with van der Waals surface area (Å²) in [5.74, 6) is 0. The van der Waals surface area contributed by atoms with Crippen molar-refractivity contribution < 1.29 is 35.8 Å². The van der Waals surface area contributed by atoms with Crippen molar-refractivity contribution in [1.82, 2.24) is 0 Å². The second-order valence-electron chi connectivity index (χ2n) is 0.332. The third-order valence-electron chi connectivity index (χ3n) is 0.0962. The van der Waals surface area contributed by atoms with E-state index in [1.807, 2.05) is 0 Å². The molecular formula is C2H5NaOS. The van der Waals surface area contributed by atoms with Gasteiger partial charge in [-0.1, -0.05) is 11.8 Å². The van der Waals surface area contributed by atoms with Crippen LogP contribution in [0.3, 0.4) is 0 Å². The van der Waals surface area contributed by atoms with Gasteiger partial charge in [0.2, 0.25) is 0 Å². The van der Waals surface area contributed by atoms with Crippen LogP contribution in [0.25, 0.3) is 0 Å². The van der Waals surface area contributed by atoms with Crippen molar-refractivity contribution in [2.45, 2.75) is 0 Å². The Kier molecular flexibility index (Phi) is 16.7. The zero-order chi connectivity index (χ0) is 3.41. The number of carbonyl (C=O) groups excluding carboxylic acids is 1. The fraction of sp³-hybridized carbons (Fsp3) is 0.500. The maximum atomic E-state index is 9.14. The SMILES string of the molecule is CSC=O.[H-].[Na+]. The van der Waals surface area contributed by atoms with Crippen LogP contribution in [0.1, 0.15) is 1.43 Å². The van der Waals surface area contributed by atoms with Gasteiger partial charge >= 0.3 is 29.6 Å². The maximum Gasteiger partial charge on any atom is 1.00 e. The van der Waals surface area contributed by atoms with Gasteiger partial charge in [-0.3, -0.25) is 4.79 Å². The zero-order valence-electron chi connectivity index (χ0n) is 4.39. The van der Waals surface area contributed by atoms with Crippen molar-refractivity contribution in [3.8, 4) is 0 Å². The molecule has 0 heterocycles. The molecule has 0 bridgehead atoms. The fourth-order valence-electron chi connectivity index (χ4n) is 0. The Morgan fingerprint density at radius 2 is 2.20 bits per heavy atom. The van der Waals surface area contributed by atoms with Gasteiger partial charge < -0.3 is 1.43 Å². The molecule has 0 N–H and O–H groups in total. The zero-order valence-corrected chi connectivity index (χ0v) is 6.21. The van der Waals surface area contributed by atoms with E-state index in [9.17, 15) is 0 Å². The summed E-state index contributed by atoms with van der Waals surface area (Å²) in [5.41, 5.74) is 0.792. The molecule has 0 fully saturated rings. The van der Waals surface area contributed by atoms with Crippen molar-refractivity contribution >= 4 is 17.4 Å². The topological polar surface area (TPSA) is 17.1 Å². The largest absolute Gasteiger partial charge is 1.00 e. The standard InChI is InChI=1S/C2H4OS.Na.H/c1-4-2-3;;/h2H,1H3;;/q;+1;-1. The Morgan fingerprint density at radius 3 is 2.20 bits per heavy atom. The number of carbonyl (C=O) groups is 1. The van der Waals surface area contributed by atoms with E-state index in [-0.39, 0.29) is 31.0 Å². The molecule has 0 atom stereocenters. The molecule has 0 unspecified atom stereocenters. The monoisotopic (exact) mass is 100.0 g/mol. The quantitative estimate of drug-likeness (QED) is 0.271. The molecule has 0 aromatic carbocycles. The first-order chi connectivity index (χ1) is 1.91. The summed E-state index contributed by atoms with van der Waals surface area (Å²) in [6, 6.07) is 0. The molecule has 0 spiro atoms. The molecule has 0 amide bonds. The van der Waals surface area contributed by atoms with Gasteiger partial charge in [0.15, 0.2) is 5.62 Å². The molecule has 0 radical (unpaired) electrons. The van der Waals surface area contributed by atoms with Gasteiger partial charge in [-0.05, 0) is 6.26 Å². The first kappa shape index (κ1) is 9.39. The molecule has 0 rings (SSSR count). The van der Waals surface area contributed by atoms with Crippen LogP contribution in [-0.2, 0) is 4.79 Å². The first-order valence-corrected chi connectivity index (χ1v) is 2.17. The summed E-state index contributed by atoms with van der Waals surface area (Å²) in [7, 11) is 0. The summed E-state index contributed by atoms with van der Waals surface area (Å²) in [4.78, 5) is 9.14. The third kappa shape index (κ3) is 11.2. The minimum atomic E-state index is 0. The fourth-order valence-corrected chi connectivity index (χ4v) is 0. The predicted molar refractivity (Wildman–Crippen MR) is 21.4 cm³/mol. The Bertz CT molecular complexity index is 27.5. The average molecular weight is 100 g/mol. The van der Waals surface area contributed by atoms with Crippen molar-refractivity contribution in [1.29, 1.82) is 0 Å². The molecule has 0 aliphatic heterocycles. The van der Waals surface area contributed by atoms with Crippen LogP contribution in [0.4, 0.5) is 0 Å². The number of hydrogen-bond donors (Lipinski definition) is 0. The van der Waals surface area contributed by atoms with E-state index in [1.165, 1.54) is 11.8 Å². The molecule has 5 heavy (non-hydrogen) atoms.